The first kappa shape index (κ1) is 12.1. The lowest BCUT2D eigenvalue weighted by Crippen LogP contribution is -2.19. The third kappa shape index (κ3) is 3.93. The van der Waals surface area contributed by atoms with Crippen molar-refractivity contribution in [3.63, 3.8) is 0 Å². The Morgan fingerprint density at radius 1 is 1.40 bits per heavy atom. The van der Waals surface area contributed by atoms with Crippen LogP contribution in [0.25, 0.3) is 0 Å². The van der Waals surface area contributed by atoms with Gasteiger partial charge in [-0.05, 0) is 39.5 Å². The highest BCUT2D eigenvalue weighted by molar-refractivity contribution is 9.10. The molecule has 0 fully saturated rings. The monoisotopic (exact) mass is 266 g/mol. The Morgan fingerprint density at radius 2 is 2.07 bits per heavy atom. The number of halogens is 1. The average molecular weight is 267 g/mol. The Balaban J connectivity index is 2.76. The van der Waals surface area contributed by atoms with Crippen LogP contribution in [0.2, 0.25) is 0 Å². The minimum Gasteiger partial charge on any atom is -0.384 e. The van der Waals surface area contributed by atoms with Crippen LogP contribution in [0.1, 0.15) is 26.3 Å². The van der Waals surface area contributed by atoms with Crippen LogP contribution in [0.3, 0.4) is 0 Å². The summed E-state index contributed by atoms with van der Waals surface area (Å²) in [7, 11) is 0. The molecular formula is C12H15BrN2. The first-order valence-corrected chi connectivity index (χ1v) is 5.65. The first-order chi connectivity index (χ1) is 6.92. The van der Waals surface area contributed by atoms with Gasteiger partial charge in [-0.25, -0.2) is 0 Å². The molecule has 0 saturated heterocycles. The van der Waals surface area contributed by atoms with E-state index in [0.717, 1.165) is 16.7 Å². The highest BCUT2D eigenvalue weighted by atomic mass is 79.9. The van der Waals surface area contributed by atoms with Crippen molar-refractivity contribution in [1.82, 2.24) is 0 Å². The van der Waals surface area contributed by atoms with E-state index in [0.29, 0.717) is 5.56 Å². The Hall–Kier alpha value is -1.01. The summed E-state index contributed by atoms with van der Waals surface area (Å²) >= 11 is 3.44. The molecular weight excluding hydrogens is 252 g/mol. The number of hydrogen-bond acceptors (Lipinski definition) is 2. The molecule has 0 heterocycles. The van der Waals surface area contributed by atoms with Gasteiger partial charge in [0.05, 0.1) is 11.6 Å². The molecule has 0 amide bonds. The molecule has 1 aromatic carbocycles. The van der Waals surface area contributed by atoms with Gasteiger partial charge in [0.15, 0.2) is 0 Å². The highest BCUT2D eigenvalue weighted by Gasteiger charge is 2.10. The van der Waals surface area contributed by atoms with Crippen molar-refractivity contribution >= 4 is 21.6 Å². The summed E-state index contributed by atoms with van der Waals surface area (Å²) in [6.45, 7) is 7.43. The zero-order valence-corrected chi connectivity index (χ0v) is 10.9. The molecule has 3 heteroatoms. The summed E-state index contributed by atoms with van der Waals surface area (Å²) in [5.74, 6) is 0. The molecule has 0 aromatic heterocycles. The zero-order chi connectivity index (χ0) is 11.5. The Labute approximate surface area is 99.4 Å². The van der Waals surface area contributed by atoms with Crippen LogP contribution in [-0.2, 0) is 0 Å². The molecule has 0 aliphatic rings. The molecule has 1 N–H and O–H groups in total. The van der Waals surface area contributed by atoms with Crippen molar-refractivity contribution in [3.8, 4) is 6.07 Å². The van der Waals surface area contributed by atoms with Gasteiger partial charge in [-0.1, -0.05) is 20.8 Å². The molecule has 0 spiro atoms. The Bertz CT molecular complexity index is 386. The standard InChI is InChI=1S/C12H15BrN2/c1-12(2,3)8-15-11-5-4-9(7-14)6-10(11)13/h4-6,15H,8H2,1-3H3. The van der Waals surface area contributed by atoms with E-state index in [4.69, 9.17) is 5.26 Å². The molecule has 80 valence electrons. The van der Waals surface area contributed by atoms with Crippen LogP contribution >= 0.6 is 15.9 Å². The van der Waals surface area contributed by atoms with Gasteiger partial charge in [0, 0.05) is 16.7 Å². The van der Waals surface area contributed by atoms with Gasteiger partial charge in [0.1, 0.15) is 0 Å². The summed E-state index contributed by atoms with van der Waals surface area (Å²) in [6, 6.07) is 7.67. The average Bonchev–Trinajstić information content (AvgIpc) is 2.14. The predicted molar refractivity (Wildman–Crippen MR) is 66.8 cm³/mol. The molecule has 0 radical (unpaired) electrons. The number of nitrogens with zero attached hydrogens (tertiary/aromatic N) is 1. The Morgan fingerprint density at radius 3 is 2.53 bits per heavy atom. The maximum Gasteiger partial charge on any atom is 0.0992 e. The molecule has 0 aliphatic heterocycles. The van der Waals surface area contributed by atoms with Crippen LogP contribution < -0.4 is 5.32 Å². The minimum atomic E-state index is 0.243. The lowest BCUT2D eigenvalue weighted by molar-refractivity contribution is 0.443. The maximum atomic E-state index is 8.72. The van der Waals surface area contributed by atoms with Crippen molar-refractivity contribution in [2.75, 3.05) is 11.9 Å². The second-order valence-electron chi connectivity index (χ2n) is 4.72. The van der Waals surface area contributed by atoms with E-state index >= 15 is 0 Å². The fourth-order valence-corrected chi connectivity index (χ4v) is 1.61. The van der Waals surface area contributed by atoms with Crippen molar-refractivity contribution in [2.45, 2.75) is 20.8 Å². The van der Waals surface area contributed by atoms with Crippen LogP contribution in [0.4, 0.5) is 5.69 Å². The lowest BCUT2D eigenvalue weighted by atomic mass is 9.97. The van der Waals surface area contributed by atoms with E-state index in [2.05, 4.69) is 48.1 Å². The number of anilines is 1. The van der Waals surface area contributed by atoms with Crippen molar-refractivity contribution in [1.29, 1.82) is 5.26 Å². The highest BCUT2D eigenvalue weighted by Crippen LogP contribution is 2.25. The quantitative estimate of drug-likeness (QED) is 0.885. The fourth-order valence-electron chi connectivity index (χ4n) is 1.09. The van der Waals surface area contributed by atoms with Gasteiger partial charge >= 0.3 is 0 Å². The largest absolute Gasteiger partial charge is 0.384 e. The van der Waals surface area contributed by atoms with Gasteiger partial charge in [0.25, 0.3) is 0 Å². The summed E-state index contributed by atoms with van der Waals surface area (Å²) in [5.41, 5.74) is 1.94. The molecule has 0 aliphatic carbocycles. The van der Waals surface area contributed by atoms with E-state index in [1.54, 1.807) is 0 Å². The molecule has 0 atom stereocenters. The third-order valence-corrected chi connectivity index (χ3v) is 2.56. The van der Waals surface area contributed by atoms with E-state index in [1.807, 2.05) is 18.2 Å². The molecule has 0 saturated carbocycles. The van der Waals surface area contributed by atoms with Gasteiger partial charge in [0.2, 0.25) is 0 Å². The third-order valence-electron chi connectivity index (χ3n) is 1.91. The van der Waals surface area contributed by atoms with Crippen LogP contribution in [0.15, 0.2) is 22.7 Å². The second-order valence-corrected chi connectivity index (χ2v) is 5.57. The van der Waals surface area contributed by atoms with Gasteiger partial charge in [-0.15, -0.1) is 0 Å². The van der Waals surface area contributed by atoms with E-state index in [1.165, 1.54) is 0 Å². The molecule has 0 bridgehead atoms. The smallest absolute Gasteiger partial charge is 0.0992 e. The summed E-state index contributed by atoms with van der Waals surface area (Å²) < 4.78 is 0.936. The summed E-state index contributed by atoms with van der Waals surface area (Å²) in [5, 5.41) is 12.1. The van der Waals surface area contributed by atoms with E-state index in [9.17, 15) is 0 Å². The van der Waals surface area contributed by atoms with E-state index in [-0.39, 0.29) is 5.41 Å². The maximum absolute atomic E-state index is 8.72. The number of rotatable bonds is 2. The number of hydrogen-bond donors (Lipinski definition) is 1. The van der Waals surface area contributed by atoms with Crippen molar-refractivity contribution in [3.05, 3.63) is 28.2 Å². The number of nitriles is 1. The molecule has 1 aromatic rings. The lowest BCUT2D eigenvalue weighted by Gasteiger charge is -2.20. The van der Waals surface area contributed by atoms with Gasteiger partial charge in [-0.3, -0.25) is 0 Å². The molecule has 2 nitrogen and oxygen atoms in total. The fraction of sp³-hybridized carbons (Fsp3) is 0.417. The van der Waals surface area contributed by atoms with Crippen LogP contribution in [0.5, 0.6) is 0 Å². The Kier molecular flexibility index (Phi) is 3.76. The first-order valence-electron chi connectivity index (χ1n) is 4.86. The number of nitrogens with one attached hydrogen (secondary N) is 1. The topological polar surface area (TPSA) is 35.8 Å². The minimum absolute atomic E-state index is 0.243. The zero-order valence-electron chi connectivity index (χ0n) is 9.26. The molecule has 1 rings (SSSR count). The van der Waals surface area contributed by atoms with Gasteiger partial charge < -0.3 is 5.32 Å². The molecule has 0 unspecified atom stereocenters. The summed E-state index contributed by atoms with van der Waals surface area (Å²) in [6.07, 6.45) is 0. The van der Waals surface area contributed by atoms with Crippen molar-refractivity contribution in [2.24, 2.45) is 5.41 Å². The van der Waals surface area contributed by atoms with Crippen LogP contribution in [-0.4, -0.2) is 6.54 Å². The molecule has 15 heavy (non-hydrogen) atoms. The van der Waals surface area contributed by atoms with E-state index < -0.39 is 0 Å². The normalized spacial score (nSPS) is 10.9. The SMILES string of the molecule is CC(C)(C)CNc1ccc(C#N)cc1Br. The van der Waals surface area contributed by atoms with Crippen molar-refractivity contribution < 1.29 is 0 Å². The second kappa shape index (κ2) is 4.67. The van der Waals surface area contributed by atoms with Crippen LogP contribution in [0, 0.1) is 16.7 Å². The van der Waals surface area contributed by atoms with Gasteiger partial charge in [-0.2, -0.15) is 5.26 Å². The predicted octanol–water partition coefficient (Wildman–Crippen LogP) is 3.78. The summed E-state index contributed by atoms with van der Waals surface area (Å²) in [4.78, 5) is 0. The number of benzene rings is 1.